The van der Waals surface area contributed by atoms with Gasteiger partial charge in [0.15, 0.2) is 0 Å². The first-order chi connectivity index (χ1) is 11.8. The van der Waals surface area contributed by atoms with Crippen LogP contribution in [0, 0.1) is 0 Å². The molecule has 1 aromatic carbocycles. The fourth-order valence-electron chi connectivity index (χ4n) is 2.57. The van der Waals surface area contributed by atoms with Crippen LogP contribution in [-0.2, 0) is 4.79 Å². The molecule has 0 bridgehead atoms. The van der Waals surface area contributed by atoms with Crippen LogP contribution >= 0.6 is 11.3 Å². The number of carbonyl (C=O) groups excluding carboxylic acids is 1. The van der Waals surface area contributed by atoms with Crippen LogP contribution in [-0.4, -0.2) is 34.0 Å². The van der Waals surface area contributed by atoms with Gasteiger partial charge in [-0.2, -0.15) is 4.98 Å². The number of amides is 1. The monoisotopic (exact) mass is 337 g/mol. The Hall–Kier alpha value is -2.73. The van der Waals surface area contributed by atoms with Crippen molar-refractivity contribution in [2.45, 2.75) is 5.92 Å². The number of nitrogens with zero attached hydrogens (tertiary/aromatic N) is 3. The molecule has 3 heterocycles. The lowest BCUT2D eigenvalue weighted by Crippen LogP contribution is -2.47. The van der Waals surface area contributed by atoms with Crippen molar-refractivity contribution in [1.82, 2.24) is 15.0 Å². The van der Waals surface area contributed by atoms with Gasteiger partial charge in [-0.25, -0.2) is 0 Å². The number of carbonyl (C=O) groups is 1. The van der Waals surface area contributed by atoms with Gasteiger partial charge >= 0.3 is 0 Å². The molecule has 0 unspecified atom stereocenters. The molecule has 3 aromatic rings. The summed E-state index contributed by atoms with van der Waals surface area (Å²) in [6.45, 7) is 1.23. The smallest absolute Gasteiger partial charge is 0.246 e. The van der Waals surface area contributed by atoms with E-state index in [0.29, 0.717) is 24.8 Å². The van der Waals surface area contributed by atoms with Crippen molar-refractivity contribution in [3.63, 3.8) is 0 Å². The molecule has 1 saturated heterocycles. The van der Waals surface area contributed by atoms with Gasteiger partial charge in [0.05, 0.1) is 5.92 Å². The molecule has 0 atom stereocenters. The number of rotatable bonds is 4. The lowest BCUT2D eigenvalue weighted by Gasteiger charge is -2.36. The summed E-state index contributed by atoms with van der Waals surface area (Å²) in [5, 5.41) is 6.02. The third-order valence-electron chi connectivity index (χ3n) is 3.95. The summed E-state index contributed by atoms with van der Waals surface area (Å²) in [7, 11) is 0. The summed E-state index contributed by atoms with van der Waals surface area (Å²) in [5.41, 5.74) is 0.929. The molecular formula is C18H15N3O2S. The summed E-state index contributed by atoms with van der Waals surface area (Å²) in [6.07, 6.45) is 3.46. The molecule has 120 valence electrons. The van der Waals surface area contributed by atoms with E-state index in [0.717, 1.165) is 10.4 Å². The Bertz CT molecular complexity index is 850. The highest BCUT2D eigenvalue weighted by molar-refractivity contribution is 7.10. The van der Waals surface area contributed by atoms with Gasteiger partial charge in [0.1, 0.15) is 0 Å². The van der Waals surface area contributed by atoms with Crippen LogP contribution in [0.5, 0.6) is 0 Å². The third-order valence-corrected chi connectivity index (χ3v) is 4.79. The van der Waals surface area contributed by atoms with Gasteiger partial charge in [0.25, 0.3) is 0 Å². The van der Waals surface area contributed by atoms with Crippen molar-refractivity contribution < 1.29 is 9.32 Å². The summed E-state index contributed by atoms with van der Waals surface area (Å²) in [6, 6.07) is 13.7. The van der Waals surface area contributed by atoms with Gasteiger partial charge < -0.3 is 9.42 Å². The summed E-state index contributed by atoms with van der Waals surface area (Å²) < 4.78 is 5.35. The molecule has 0 N–H and O–H groups in total. The molecule has 1 aliphatic heterocycles. The molecule has 24 heavy (non-hydrogen) atoms. The standard InChI is InChI=1S/C18H15N3O2S/c22-16(9-8-15-7-4-10-24-15)21-11-14(12-21)18-19-17(20-23-18)13-5-2-1-3-6-13/h1-10,14H,11-12H2/b9-8+. The lowest BCUT2D eigenvalue weighted by molar-refractivity contribution is -0.130. The fraction of sp³-hybridized carbons (Fsp3) is 0.167. The Morgan fingerprint density at radius 1 is 1.21 bits per heavy atom. The summed E-state index contributed by atoms with van der Waals surface area (Å²) in [4.78, 5) is 19.4. The highest BCUT2D eigenvalue weighted by Gasteiger charge is 2.34. The molecule has 0 radical (unpaired) electrons. The Labute approximate surface area is 143 Å². The zero-order valence-corrected chi connectivity index (χ0v) is 13.6. The van der Waals surface area contributed by atoms with E-state index in [-0.39, 0.29) is 11.8 Å². The zero-order valence-electron chi connectivity index (χ0n) is 12.8. The van der Waals surface area contributed by atoms with Gasteiger partial charge in [-0.15, -0.1) is 11.3 Å². The van der Waals surface area contributed by atoms with E-state index in [1.165, 1.54) is 0 Å². The number of hydrogen-bond acceptors (Lipinski definition) is 5. The first-order valence-corrected chi connectivity index (χ1v) is 8.57. The van der Waals surface area contributed by atoms with E-state index in [1.54, 1.807) is 22.3 Å². The van der Waals surface area contributed by atoms with E-state index in [9.17, 15) is 4.79 Å². The zero-order chi connectivity index (χ0) is 16.4. The second-order valence-electron chi connectivity index (χ2n) is 5.61. The second-order valence-corrected chi connectivity index (χ2v) is 6.59. The minimum atomic E-state index is 0.0162. The van der Waals surface area contributed by atoms with Crippen LogP contribution in [0.15, 0.2) is 58.4 Å². The predicted octanol–water partition coefficient (Wildman–Crippen LogP) is 3.44. The highest BCUT2D eigenvalue weighted by Crippen LogP contribution is 2.27. The van der Waals surface area contributed by atoms with Crippen molar-refractivity contribution in [1.29, 1.82) is 0 Å². The molecule has 1 fully saturated rings. The predicted molar refractivity (Wildman–Crippen MR) is 92.4 cm³/mol. The van der Waals surface area contributed by atoms with E-state index < -0.39 is 0 Å². The lowest BCUT2D eigenvalue weighted by atomic mass is 10.00. The average molecular weight is 337 g/mol. The van der Waals surface area contributed by atoms with Gasteiger partial charge in [-0.3, -0.25) is 4.79 Å². The number of thiophene rings is 1. The van der Waals surface area contributed by atoms with Gasteiger partial charge in [0, 0.05) is 29.6 Å². The average Bonchev–Trinajstić information content (AvgIpc) is 3.24. The van der Waals surface area contributed by atoms with Crippen molar-refractivity contribution >= 4 is 23.3 Å². The van der Waals surface area contributed by atoms with Crippen LogP contribution in [0.3, 0.4) is 0 Å². The second kappa shape index (κ2) is 6.41. The Morgan fingerprint density at radius 2 is 2.04 bits per heavy atom. The topological polar surface area (TPSA) is 59.2 Å². The molecular weight excluding hydrogens is 322 g/mol. The van der Waals surface area contributed by atoms with Gasteiger partial charge in [-0.1, -0.05) is 41.6 Å². The van der Waals surface area contributed by atoms with Crippen LogP contribution in [0.1, 0.15) is 16.7 Å². The largest absolute Gasteiger partial charge is 0.339 e. The molecule has 1 amide bonds. The summed E-state index contributed by atoms with van der Waals surface area (Å²) >= 11 is 1.61. The quantitative estimate of drug-likeness (QED) is 0.684. The molecule has 2 aromatic heterocycles. The maximum atomic E-state index is 12.1. The normalized spacial score (nSPS) is 14.9. The minimum Gasteiger partial charge on any atom is -0.339 e. The molecule has 0 saturated carbocycles. The Balaban J connectivity index is 1.36. The number of aromatic nitrogens is 2. The number of benzene rings is 1. The van der Waals surface area contributed by atoms with Crippen molar-refractivity contribution in [3.8, 4) is 11.4 Å². The summed E-state index contributed by atoms with van der Waals surface area (Å²) in [5.74, 6) is 1.32. The molecule has 1 aliphatic rings. The van der Waals surface area contributed by atoms with Crippen molar-refractivity contribution in [2.75, 3.05) is 13.1 Å². The van der Waals surface area contributed by atoms with Crippen molar-refractivity contribution in [3.05, 3.63) is 64.7 Å². The molecule has 4 rings (SSSR count). The van der Waals surface area contributed by atoms with Gasteiger partial charge in [0.2, 0.25) is 17.6 Å². The van der Waals surface area contributed by atoms with Crippen LogP contribution in [0.4, 0.5) is 0 Å². The first kappa shape index (κ1) is 14.8. The number of hydrogen-bond donors (Lipinski definition) is 0. The SMILES string of the molecule is O=C(/C=C/c1cccs1)N1CC(c2nc(-c3ccccc3)no2)C1. The Morgan fingerprint density at radius 3 is 2.79 bits per heavy atom. The molecule has 6 heteroatoms. The van der Waals surface area contributed by atoms with Gasteiger partial charge in [-0.05, 0) is 17.5 Å². The van der Waals surface area contributed by atoms with E-state index in [2.05, 4.69) is 10.1 Å². The van der Waals surface area contributed by atoms with E-state index in [1.807, 2.05) is 53.9 Å². The maximum Gasteiger partial charge on any atom is 0.246 e. The molecule has 0 aliphatic carbocycles. The van der Waals surface area contributed by atoms with Crippen LogP contribution in [0.25, 0.3) is 17.5 Å². The van der Waals surface area contributed by atoms with E-state index in [4.69, 9.17) is 4.52 Å². The fourth-order valence-corrected chi connectivity index (χ4v) is 3.18. The first-order valence-electron chi connectivity index (χ1n) is 7.69. The van der Waals surface area contributed by atoms with Crippen molar-refractivity contribution in [2.24, 2.45) is 0 Å². The highest BCUT2D eigenvalue weighted by atomic mass is 32.1. The van der Waals surface area contributed by atoms with Crippen LogP contribution < -0.4 is 0 Å². The number of likely N-dealkylation sites (tertiary alicyclic amines) is 1. The maximum absolute atomic E-state index is 12.1. The molecule has 5 nitrogen and oxygen atoms in total. The van der Waals surface area contributed by atoms with Crippen LogP contribution in [0.2, 0.25) is 0 Å². The Kier molecular flexibility index (Phi) is 3.96. The molecule has 0 spiro atoms. The third kappa shape index (κ3) is 3.00. The minimum absolute atomic E-state index is 0.0162. The van der Waals surface area contributed by atoms with E-state index >= 15 is 0 Å².